The van der Waals surface area contributed by atoms with Crippen LogP contribution in [0.2, 0.25) is 0 Å². The molecule has 25 heavy (non-hydrogen) atoms. The first-order valence-corrected chi connectivity index (χ1v) is 8.66. The fourth-order valence-electron chi connectivity index (χ4n) is 2.35. The Kier molecular flexibility index (Phi) is 5.09. The van der Waals surface area contributed by atoms with E-state index >= 15 is 0 Å². The molecule has 1 aromatic heterocycles. The highest BCUT2D eigenvalue weighted by Crippen LogP contribution is 2.29. The van der Waals surface area contributed by atoms with E-state index in [0.717, 1.165) is 10.6 Å². The Morgan fingerprint density at radius 2 is 2.00 bits per heavy atom. The second-order valence-corrected chi connectivity index (χ2v) is 6.33. The molecule has 6 heteroatoms. The van der Waals surface area contributed by atoms with Gasteiger partial charge >= 0.3 is 0 Å². The van der Waals surface area contributed by atoms with Gasteiger partial charge in [-0.05, 0) is 26.0 Å². The lowest BCUT2D eigenvalue weighted by Crippen LogP contribution is -2.11. The Hall–Kier alpha value is -2.73. The molecular formula is C19H17FN2O2S. The summed E-state index contributed by atoms with van der Waals surface area (Å²) in [6.45, 7) is 3.95. The zero-order valence-corrected chi connectivity index (χ0v) is 14.7. The highest BCUT2D eigenvalue weighted by Gasteiger charge is 2.17. The Bertz CT molecular complexity index is 894. The van der Waals surface area contributed by atoms with E-state index in [0.29, 0.717) is 22.9 Å². The van der Waals surface area contributed by atoms with Crippen LogP contribution in [0, 0.1) is 12.7 Å². The standard InChI is InChI=1S/C19H17FN2O2S/c1-3-24-16-10-9-14(11-15(16)20)22-18(23)17-12(2)21-19(25-17)13-7-5-4-6-8-13/h4-11H,3H2,1-2H3,(H,22,23). The lowest BCUT2D eigenvalue weighted by molar-refractivity contribution is 0.103. The van der Waals surface area contributed by atoms with Gasteiger partial charge in [-0.25, -0.2) is 9.37 Å². The van der Waals surface area contributed by atoms with Crippen molar-refractivity contribution in [2.75, 3.05) is 11.9 Å². The molecular weight excluding hydrogens is 339 g/mol. The van der Waals surface area contributed by atoms with Crippen molar-refractivity contribution in [2.45, 2.75) is 13.8 Å². The average molecular weight is 356 g/mol. The van der Waals surface area contributed by atoms with E-state index in [-0.39, 0.29) is 11.7 Å². The fourth-order valence-corrected chi connectivity index (χ4v) is 3.32. The molecule has 0 saturated carbocycles. The number of carbonyl (C=O) groups excluding carboxylic acids is 1. The van der Waals surface area contributed by atoms with Gasteiger partial charge in [0.15, 0.2) is 11.6 Å². The number of amides is 1. The zero-order valence-electron chi connectivity index (χ0n) is 13.9. The quantitative estimate of drug-likeness (QED) is 0.707. The third-order valence-corrected chi connectivity index (χ3v) is 4.72. The van der Waals surface area contributed by atoms with E-state index in [4.69, 9.17) is 4.74 Å². The summed E-state index contributed by atoms with van der Waals surface area (Å²) in [6, 6.07) is 14.0. The maximum Gasteiger partial charge on any atom is 0.267 e. The van der Waals surface area contributed by atoms with Crippen LogP contribution in [0.3, 0.4) is 0 Å². The van der Waals surface area contributed by atoms with Gasteiger partial charge < -0.3 is 10.1 Å². The summed E-state index contributed by atoms with van der Waals surface area (Å²) in [5.41, 5.74) is 1.98. The molecule has 2 aromatic carbocycles. The number of ether oxygens (including phenoxy) is 1. The third kappa shape index (κ3) is 3.85. The van der Waals surface area contributed by atoms with Crippen LogP contribution in [0.15, 0.2) is 48.5 Å². The Balaban J connectivity index is 1.80. The van der Waals surface area contributed by atoms with Crippen LogP contribution in [-0.4, -0.2) is 17.5 Å². The molecule has 0 bridgehead atoms. The number of benzene rings is 2. The molecule has 1 heterocycles. The van der Waals surface area contributed by atoms with Gasteiger partial charge in [-0.2, -0.15) is 0 Å². The lowest BCUT2D eigenvalue weighted by Gasteiger charge is -2.08. The molecule has 0 aliphatic heterocycles. The molecule has 1 N–H and O–H groups in total. The van der Waals surface area contributed by atoms with Crippen molar-refractivity contribution in [3.05, 3.63) is 64.9 Å². The number of nitrogens with zero attached hydrogens (tertiary/aromatic N) is 1. The second kappa shape index (κ2) is 7.44. The van der Waals surface area contributed by atoms with Crippen LogP contribution in [0.4, 0.5) is 10.1 Å². The average Bonchev–Trinajstić information content (AvgIpc) is 3.00. The van der Waals surface area contributed by atoms with E-state index < -0.39 is 5.82 Å². The molecule has 0 atom stereocenters. The highest BCUT2D eigenvalue weighted by molar-refractivity contribution is 7.17. The summed E-state index contributed by atoms with van der Waals surface area (Å²) in [7, 11) is 0. The summed E-state index contributed by atoms with van der Waals surface area (Å²) in [4.78, 5) is 17.5. The molecule has 0 saturated heterocycles. The molecule has 0 radical (unpaired) electrons. The van der Waals surface area contributed by atoms with Gasteiger partial charge in [0.2, 0.25) is 0 Å². The monoisotopic (exact) mass is 356 g/mol. The minimum absolute atomic E-state index is 0.167. The van der Waals surface area contributed by atoms with Gasteiger partial charge in [0.25, 0.3) is 5.91 Å². The van der Waals surface area contributed by atoms with Crippen molar-refractivity contribution >= 4 is 22.9 Å². The number of hydrogen-bond donors (Lipinski definition) is 1. The first kappa shape index (κ1) is 17.1. The largest absolute Gasteiger partial charge is 0.491 e. The van der Waals surface area contributed by atoms with Crippen molar-refractivity contribution < 1.29 is 13.9 Å². The molecule has 0 aliphatic carbocycles. The van der Waals surface area contributed by atoms with Crippen LogP contribution >= 0.6 is 11.3 Å². The lowest BCUT2D eigenvalue weighted by atomic mass is 10.2. The van der Waals surface area contributed by atoms with Crippen molar-refractivity contribution in [2.24, 2.45) is 0 Å². The number of nitrogens with one attached hydrogen (secondary N) is 1. The molecule has 1 amide bonds. The van der Waals surface area contributed by atoms with Gasteiger partial charge in [-0.15, -0.1) is 11.3 Å². The van der Waals surface area contributed by atoms with Crippen LogP contribution in [0.1, 0.15) is 22.3 Å². The minimum atomic E-state index is -0.509. The Morgan fingerprint density at radius 1 is 1.24 bits per heavy atom. The van der Waals surface area contributed by atoms with Gasteiger partial charge in [0, 0.05) is 17.3 Å². The highest BCUT2D eigenvalue weighted by atomic mass is 32.1. The predicted octanol–water partition coefficient (Wildman–Crippen LogP) is 4.91. The van der Waals surface area contributed by atoms with Gasteiger partial charge in [0.05, 0.1) is 12.3 Å². The van der Waals surface area contributed by atoms with Crippen LogP contribution in [-0.2, 0) is 0 Å². The molecule has 0 aliphatic rings. The second-order valence-electron chi connectivity index (χ2n) is 5.33. The van der Waals surface area contributed by atoms with Crippen LogP contribution in [0.25, 0.3) is 10.6 Å². The SMILES string of the molecule is CCOc1ccc(NC(=O)c2sc(-c3ccccc3)nc2C)cc1F. The molecule has 0 fully saturated rings. The molecule has 4 nitrogen and oxygen atoms in total. The number of rotatable bonds is 5. The maximum atomic E-state index is 13.9. The van der Waals surface area contributed by atoms with E-state index in [1.165, 1.54) is 23.5 Å². The van der Waals surface area contributed by atoms with Crippen molar-refractivity contribution in [1.29, 1.82) is 0 Å². The summed E-state index contributed by atoms with van der Waals surface area (Å²) < 4.78 is 19.1. The van der Waals surface area contributed by atoms with Gasteiger partial charge in [-0.1, -0.05) is 30.3 Å². The van der Waals surface area contributed by atoms with E-state index in [9.17, 15) is 9.18 Å². The topological polar surface area (TPSA) is 51.2 Å². The number of anilines is 1. The molecule has 128 valence electrons. The van der Waals surface area contributed by atoms with E-state index in [1.807, 2.05) is 30.3 Å². The summed E-state index contributed by atoms with van der Waals surface area (Å²) in [5.74, 6) is -0.646. The molecule has 3 aromatic rings. The number of hydrogen-bond acceptors (Lipinski definition) is 4. The van der Waals surface area contributed by atoms with Crippen LogP contribution < -0.4 is 10.1 Å². The Morgan fingerprint density at radius 3 is 2.68 bits per heavy atom. The fraction of sp³-hybridized carbons (Fsp3) is 0.158. The smallest absolute Gasteiger partial charge is 0.267 e. The molecule has 3 rings (SSSR count). The number of thiazole rings is 1. The maximum absolute atomic E-state index is 13.9. The number of halogens is 1. The van der Waals surface area contributed by atoms with E-state index in [1.54, 1.807) is 19.9 Å². The van der Waals surface area contributed by atoms with Crippen molar-refractivity contribution in [1.82, 2.24) is 4.98 Å². The zero-order chi connectivity index (χ0) is 17.8. The summed E-state index contributed by atoms with van der Waals surface area (Å²) >= 11 is 1.31. The molecule has 0 unspecified atom stereocenters. The predicted molar refractivity (Wildman–Crippen MR) is 97.8 cm³/mol. The first-order valence-electron chi connectivity index (χ1n) is 7.85. The van der Waals surface area contributed by atoms with E-state index in [2.05, 4.69) is 10.3 Å². The summed E-state index contributed by atoms with van der Waals surface area (Å²) in [6.07, 6.45) is 0. The Labute approximate surface area is 149 Å². The molecule has 0 spiro atoms. The van der Waals surface area contributed by atoms with Gasteiger partial charge in [0.1, 0.15) is 9.88 Å². The number of aromatic nitrogens is 1. The van der Waals surface area contributed by atoms with Crippen molar-refractivity contribution in [3.8, 4) is 16.3 Å². The first-order chi connectivity index (χ1) is 12.1. The van der Waals surface area contributed by atoms with Crippen molar-refractivity contribution in [3.63, 3.8) is 0 Å². The minimum Gasteiger partial charge on any atom is -0.491 e. The van der Waals surface area contributed by atoms with Crippen LogP contribution in [0.5, 0.6) is 5.75 Å². The van der Waals surface area contributed by atoms with Gasteiger partial charge in [-0.3, -0.25) is 4.79 Å². The summed E-state index contributed by atoms with van der Waals surface area (Å²) in [5, 5.41) is 3.49. The normalized spacial score (nSPS) is 10.5. The number of carbonyl (C=O) groups is 1. The number of aryl methyl sites for hydroxylation is 1. The third-order valence-electron chi connectivity index (χ3n) is 3.51.